The zero-order valence-corrected chi connectivity index (χ0v) is 18.0. The summed E-state index contributed by atoms with van der Waals surface area (Å²) in [5, 5.41) is 23.6. The van der Waals surface area contributed by atoms with Crippen LogP contribution in [0.25, 0.3) is 0 Å². The summed E-state index contributed by atoms with van der Waals surface area (Å²) >= 11 is 0. The van der Waals surface area contributed by atoms with Gasteiger partial charge in [0.25, 0.3) is 11.8 Å². The van der Waals surface area contributed by atoms with E-state index in [0.717, 1.165) is 17.9 Å². The molecule has 0 saturated heterocycles. The first-order valence-electron chi connectivity index (χ1n) is 10.6. The van der Waals surface area contributed by atoms with Gasteiger partial charge in [0.2, 0.25) is 0 Å². The van der Waals surface area contributed by atoms with Gasteiger partial charge in [-0.3, -0.25) is 15.0 Å². The van der Waals surface area contributed by atoms with Crippen LogP contribution < -0.4 is 15.5 Å². The number of amides is 2. The highest BCUT2D eigenvalue weighted by atomic mass is 16.4. The molecular formula is C24H29N2O5-. The summed E-state index contributed by atoms with van der Waals surface area (Å²) in [6.45, 7) is 3.93. The largest absolute Gasteiger partial charge is 0.545 e. The number of anilines is 1. The van der Waals surface area contributed by atoms with E-state index in [-0.39, 0.29) is 24.0 Å². The standard InChI is InChI=1S/C24H30N2O5/c1-3-5-16-24(31,17-6-4-2)23(30)25-26(18-12-8-7-9-13-18)21(27)19-14-10-11-15-20(19)22(28)29/h7-15,31H,3-6,16-17H2,1-2H3,(H,25,30)(H,28,29)/p-1. The second kappa shape index (κ2) is 11.3. The third-order valence-corrected chi connectivity index (χ3v) is 5.12. The van der Waals surface area contributed by atoms with Gasteiger partial charge in [0.05, 0.1) is 17.2 Å². The Bertz CT molecular complexity index is 890. The minimum absolute atomic E-state index is 0.127. The summed E-state index contributed by atoms with van der Waals surface area (Å²) in [5.74, 6) is -2.93. The average Bonchev–Trinajstić information content (AvgIpc) is 2.79. The summed E-state index contributed by atoms with van der Waals surface area (Å²) in [5.41, 5.74) is 0.831. The van der Waals surface area contributed by atoms with E-state index < -0.39 is 23.4 Å². The van der Waals surface area contributed by atoms with E-state index in [1.807, 2.05) is 13.8 Å². The molecule has 0 saturated carbocycles. The number of aliphatic hydroxyl groups is 1. The number of hydrazine groups is 1. The molecule has 0 fully saturated rings. The first-order chi connectivity index (χ1) is 14.8. The van der Waals surface area contributed by atoms with Gasteiger partial charge in [0, 0.05) is 5.56 Å². The molecule has 166 valence electrons. The maximum atomic E-state index is 13.3. The number of para-hydroxylation sites is 1. The van der Waals surface area contributed by atoms with Crippen molar-refractivity contribution in [2.45, 2.75) is 58.0 Å². The van der Waals surface area contributed by atoms with Crippen molar-refractivity contribution in [3.63, 3.8) is 0 Å². The van der Waals surface area contributed by atoms with Gasteiger partial charge in [-0.1, -0.05) is 75.9 Å². The van der Waals surface area contributed by atoms with E-state index >= 15 is 0 Å². The van der Waals surface area contributed by atoms with E-state index in [0.29, 0.717) is 18.5 Å². The van der Waals surface area contributed by atoms with Crippen molar-refractivity contribution in [3.05, 3.63) is 65.7 Å². The van der Waals surface area contributed by atoms with E-state index in [9.17, 15) is 24.6 Å². The highest BCUT2D eigenvalue weighted by Crippen LogP contribution is 2.24. The average molecular weight is 426 g/mol. The Morgan fingerprint density at radius 3 is 1.94 bits per heavy atom. The number of nitrogens with one attached hydrogen (secondary N) is 1. The van der Waals surface area contributed by atoms with Crippen LogP contribution in [0.5, 0.6) is 0 Å². The van der Waals surface area contributed by atoms with Crippen LogP contribution in [0.1, 0.15) is 73.1 Å². The molecule has 0 aliphatic heterocycles. The second-order valence-corrected chi connectivity index (χ2v) is 7.49. The van der Waals surface area contributed by atoms with E-state index in [1.54, 1.807) is 30.3 Å². The van der Waals surface area contributed by atoms with Gasteiger partial charge in [-0.25, -0.2) is 5.01 Å². The van der Waals surface area contributed by atoms with Crippen LogP contribution >= 0.6 is 0 Å². The molecule has 0 heterocycles. The Hall–Kier alpha value is -3.19. The summed E-state index contributed by atoms with van der Waals surface area (Å²) in [6, 6.07) is 14.0. The van der Waals surface area contributed by atoms with E-state index in [1.165, 1.54) is 24.3 Å². The van der Waals surface area contributed by atoms with Gasteiger partial charge in [0.15, 0.2) is 0 Å². The molecule has 0 radical (unpaired) electrons. The smallest absolute Gasteiger partial charge is 0.277 e. The molecule has 2 aromatic rings. The zero-order chi connectivity index (χ0) is 22.9. The molecular weight excluding hydrogens is 396 g/mol. The highest BCUT2D eigenvalue weighted by molar-refractivity contribution is 6.12. The van der Waals surface area contributed by atoms with Crippen LogP contribution in [0, 0.1) is 0 Å². The van der Waals surface area contributed by atoms with Crippen molar-refractivity contribution >= 4 is 23.5 Å². The predicted octanol–water partition coefficient (Wildman–Crippen LogP) is 2.84. The minimum atomic E-state index is -1.63. The topological polar surface area (TPSA) is 110 Å². The number of carbonyl (C=O) groups is 3. The molecule has 0 aliphatic carbocycles. The van der Waals surface area contributed by atoms with Crippen LogP contribution in [0.2, 0.25) is 0 Å². The normalized spacial score (nSPS) is 11.1. The molecule has 7 heteroatoms. The summed E-state index contributed by atoms with van der Waals surface area (Å²) in [4.78, 5) is 37.9. The van der Waals surface area contributed by atoms with Gasteiger partial charge in [0.1, 0.15) is 5.60 Å². The number of carbonyl (C=O) groups excluding carboxylic acids is 3. The SMILES string of the molecule is CCCCC(O)(CCCC)C(=O)NN(C(=O)c1ccccc1C(=O)[O-])c1ccccc1. The number of hydrogen-bond acceptors (Lipinski definition) is 5. The lowest BCUT2D eigenvalue weighted by molar-refractivity contribution is -0.255. The van der Waals surface area contributed by atoms with E-state index in [4.69, 9.17) is 0 Å². The van der Waals surface area contributed by atoms with Crippen molar-refractivity contribution in [2.24, 2.45) is 0 Å². The highest BCUT2D eigenvalue weighted by Gasteiger charge is 2.37. The molecule has 0 bridgehead atoms. The molecule has 0 aliphatic rings. The van der Waals surface area contributed by atoms with Crippen LogP contribution in [0.3, 0.4) is 0 Å². The van der Waals surface area contributed by atoms with Crippen LogP contribution in [0.15, 0.2) is 54.6 Å². The Kier molecular flexibility index (Phi) is 8.75. The molecule has 0 spiro atoms. The second-order valence-electron chi connectivity index (χ2n) is 7.49. The van der Waals surface area contributed by atoms with Gasteiger partial charge in [-0.15, -0.1) is 0 Å². The Balaban J connectivity index is 2.42. The maximum absolute atomic E-state index is 13.3. The van der Waals surface area contributed by atoms with Gasteiger partial charge in [-0.2, -0.15) is 0 Å². The molecule has 31 heavy (non-hydrogen) atoms. The third kappa shape index (κ3) is 6.15. The summed E-state index contributed by atoms with van der Waals surface area (Å²) in [6.07, 6.45) is 3.45. The van der Waals surface area contributed by atoms with Crippen LogP contribution in [-0.2, 0) is 4.79 Å². The monoisotopic (exact) mass is 425 g/mol. The molecule has 2 N–H and O–H groups in total. The number of nitrogens with zero attached hydrogens (tertiary/aromatic N) is 1. The van der Waals surface area contributed by atoms with Gasteiger partial charge >= 0.3 is 0 Å². The molecule has 2 aromatic carbocycles. The van der Waals surface area contributed by atoms with Crippen LogP contribution in [0.4, 0.5) is 5.69 Å². The Labute approximate surface area is 182 Å². The summed E-state index contributed by atoms with van der Waals surface area (Å²) < 4.78 is 0. The fourth-order valence-corrected chi connectivity index (χ4v) is 3.27. The quantitative estimate of drug-likeness (QED) is 0.569. The third-order valence-electron chi connectivity index (χ3n) is 5.12. The van der Waals surface area contributed by atoms with Gasteiger partial charge < -0.3 is 15.0 Å². The fourth-order valence-electron chi connectivity index (χ4n) is 3.27. The molecule has 0 aromatic heterocycles. The molecule has 0 unspecified atom stereocenters. The predicted molar refractivity (Wildman–Crippen MR) is 116 cm³/mol. The van der Waals surface area contributed by atoms with Crippen molar-refractivity contribution in [3.8, 4) is 0 Å². The number of hydrogen-bond donors (Lipinski definition) is 2. The number of carboxylic acid groups (broad SMARTS) is 1. The molecule has 7 nitrogen and oxygen atoms in total. The van der Waals surface area contributed by atoms with Crippen LogP contribution in [-0.4, -0.2) is 28.5 Å². The number of rotatable bonds is 10. The zero-order valence-electron chi connectivity index (χ0n) is 18.0. The fraction of sp³-hybridized carbons (Fsp3) is 0.375. The molecule has 0 atom stereocenters. The Morgan fingerprint density at radius 2 is 1.42 bits per heavy atom. The minimum Gasteiger partial charge on any atom is -0.545 e. The lowest BCUT2D eigenvalue weighted by Crippen LogP contribution is -2.55. The van der Waals surface area contributed by atoms with E-state index in [2.05, 4.69) is 5.43 Å². The first kappa shape index (κ1) is 24.1. The number of unbranched alkanes of at least 4 members (excludes halogenated alkanes) is 2. The lowest BCUT2D eigenvalue weighted by atomic mass is 9.90. The molecule has 2 rings (SSSR count). The van der Waals surface area contributed by atoms with Crippen molar-refractivity contribution < 1.29 is 24.6 Å². The molecule has 2 amide bonds. The van der Waals surface area contributed by atoms with Crippen molar-refractivity contribution in [2.75, 3.05) is 5.01 Å². The lowest BCUT2D eigenvalue weighted by Gasteiger charge is -2.31. The van der Waals surface area contributed by atoms with Crippen molar-refractivity contribution in [1.82, 2.24) is 5.43 Å². The number of benzene rings is 2. The maximum Gasteiger partial charge on any atom is 0.277 e. The number of carboxylic acids is 1. The van der Waals surface area contributed by atoms with Gasteiger partial charge in [-0.05, 0) is 31.0 Å². The summed E-state index contributed by atoms with van der Waals surface area (Å²) in [7, 11) is 0. The number of aromatic carboxylic acids is 1. The first-order valence-corrected chi connectivity index (χ1v) is 10.6. The van der Waals surface area contributed by atoms with Crippen molar-refractivity contribution in [1.29, 1.82) is 0 Å². The Morgan fingerprint density at radius 1 is 0.903 bits per heavy atom.